The van der Waals surface area contributed by atoms with Gasteiger partial charge in [0.05, 0.1) is 29.8 Å². The molecule has 2 N–H and O–H groups in total. The van der Waals surface area contributed by atoms with Crippen molar-refractivity contribution in [3.8, 4) is 0 Å². The maximum atomic E-state index is 14.3. The largest absolute Gasteiger partial charge is 0.460 e. The van der Waals surface area contributed by atoms with Crippen molar-refractivity contribution in [3.05, 3.63) is 30.0 Å². The Hall–Kier alpha value is -2.05. The standard InChI is InChI=1S/C23H32FN3O6S/c1-3-31-17-7-9-27(10-8-17)22-19(12-16(24)14-25-22)26-34(29,30)18-6-5-15-11-21(23(28)32-4-2)33-20(15)13-18/h5-6,11,13,16-17,19,22,25-26H,3-4,7-10,12,14H2,1-2H3. The molecule has 4 rings (SSSR count). The zero-order valence-electron chi connectivity index (χ0n) is 19.5. The van der Waals surface area contributed by atoms with Gasteiger partial charge in [-0.3, -0.25) is 10.2 Å². The van der Waals surface area contributed by atoms with Crippen molar-refractivity contribution in [1.82, 2.24) is 14.9 Å². The van der Waals surface area contributed by atoms with Gasteiger partial charge in [0, 0.05) is 37.7 Å². The highest BCUT2D eigenvalue weighted by Gasteiger charge is 2.38. The lowest BCUT2D eigenvalue weighted by atomic mass is 9.99. The van der Waals surface area contributed by atoms with E-state index in [-0.39, 0.29) is 48.1 Å². The minimum Gasteiger partial charge on any atom is -0.460 e. The number of ether oxygens (including phenoxy) is 2. The molecule has 0 radical (unpaired) electrons. The van der Waals surface area contributed by atoms with Crippen LogP contribution >= 0.6 is 0 Å². The number of rotatable bonds is 8. The van der Waals surface area contributed by atoms with Crippen molar-refractivity contribution in [1.29, 1.82) is 0 Å². The van der Waals surface area contributed by atoms with Gasteiger partial charge in [-0.05, 0) is 51.3 Å². The molecule has 3 heterocycles. The number of likely N-dealkylation sites (tertiary alicyclic amines) is 1. The molecular weight excluding hydrogens is 465 g/mol. The average Bonchev–Trinajstić information content (AvgIpc) is 3.24. The van der Waals surface area contributed by atoms with E-state index in [1.54, 1.807) is 13.0 Å². The van der Waals surface area contributed by atoms with Crippen LogP contribution in [0.25, 0.3) is 11.0 Å². The highest BCUT2D eigenvalue weighted by molar-refractivity contribution is 7.89. The molecule has 3 unspecified atom stereocenters. The van der Waals surface area contributed by atoms with Crippen molar-refractivity contribution >= 4 is 27.0 Å². The van der Waals surface area contributed by atoms with Gasteiger partial charge >= 0.3 is 5.97 Å². The van der Waals surface area contributed by atoms with Crippen LogP contribution in [0.4, 0.5) is 4.39 Å². The summed E-state index contributed by atoms with van der Waals surface area (Å²) >= 11 is 0. The molecule has 3 atom stereocenters. The molecule has 2 aliphatic heterocycles. The van der Waals surface area contributed by atoms with Gasteiger partial charge in [-0.25, -0.2) is 22.3 Å². The number of nitrogens with zero attached hydrogens (tertiary/aromatic N) is 1. The molecule has 1 aromatic heterocycles. The van der Waals surface area contributed by atoms with E-state index in [1.165, 1.54) is 18.2 Å². The lowest BCUT2D eigenvalue weighted by Crippen LogP contribution is -2.64. The van der Waals surface area contributed by atoms with E-state index < -0.39 is 28.2 Å². The van der Waals surface area contributed by atoms with Gasteiger partial charge in [-0.2, -0.15) is 0 Å². The predicted molar refractivity (Wildman–Crippen MR) is 124 cm³/mol. The maximum Gasteiger partial charge on any atom is 0.374 e. The lowest BCUT2D eigenvalue weighted by molar-refractivity contribution is -0.0128. The zero-order valence-corrected chi connectivity index (χ0v) is 20.3. The normalized spacial score (nSPS) is 25.0. The van der Waals surface area contributed by atoms with Crippen molar-refractivity contribution in [2.45, 2.75) is 62.5 Å². The summed E-state index contributed by atoms with van der Waals surface area (Å²) in [7, 11) is -3.97. The third kappa shape index (κ3) is 5.60. The smallest absolute Gasteiger partial charge is 0.374 e. The van der Waals surface area contributed by atoms with E-state index in [1.807, 2.05) is 6.92 Å². The highest BCUT2D eigenvalue weighted by Crippen LogP contribution is 2.26. The second-order valence-electron chi connectivity index (χ2n) is 8.64. The first-order valence-corrected chi connectivity index (χ1v) is 13.2. The summed E-state index contributed by atoms with van der Waals surface area (Å²) in [5, 5.41) is 3.76. The van der Waals surface area contributed by atoms with Gasteiger partial charge in [-0.1, -0.05) is 0 Å². The number of furan rings is 1. The van der Waals surface area contributed by atoms with E-state index >= 15 is 0 Å². The number of benzene rings is 1. The van der Waals surface area contributed by atoms with Gasteiger partial charge < -0.3 is 13.9 Å². The number of fused-ring (bicyclic) bond motifs is 1. The highest BCUT2D eigenvalue weighted by atomic mass is 32.2. The van der Waals surface area contributed by atoms with E-state index in [0.717, 1.165) is 25.9 Å². The number of halogens is 1. The molecule has 2 aliphatic rings. The van der Waals surface area contributed by atoms with Crippen molar-refractivity contribution < 1.29 is 31.5 Å². The number of nitrogens with one attached hydrogen (secondary N) is 2. The van der Waals surface area contributed by atoms with Crippen LogP contribution in [0, 0.1) is 0 Å². The Bertz CT molecular complexity index is 1100. The molecule has 0 aliphatic carbocycles. The van der Waals surface area contributed by atoms with Crippen molar-refractivity contribution in [3.63, 3.8) is 0 Å². The molecule has 1 aromatic carbocycles. The Labute approximate surface area is 199 Å². The first-order chi connectivity index (χ1) is 16.3. The summed E-state index contributed by atoms with van der Waals surface area (Å²) in [6.07, 6.45) is 0.522. The molecule has 0 spiro atoms. The lowest BCUT2D eigenvalue weighted by Gasteiger charge is -2.44. The van der Waals surface area contributed by atoms with Crippen LogP contribution in [0.15, 0.2) is 33.6 Å². The summed E-state index contributed by atoms with van der Waals surface area (Å²) in [5.74, 6) is -0.605. The number of hydrogen-bond acceptors (Lipinski definition) is 8. The number of piperidine rings is 2. The van der Waals surface area contributed by atoms with Crippen LogP contribution < -0.4 is 10.0 Å². The molecule has 188 valence electrons. The van der Waals surface area contributed by atoms with E-state index in [4.69, 9.17) is 13.9 Å². The molecule has 9 nitrogen and oxygen atoms in total. The molecule has 0 bridgehead atoms. The fraction of sp³-hybridized carbons (Fsp3) is 0.609. The van der Waals surface area contributed by atoms with Crippen LogP contribution in [0.5, 0.6) is 0 Å². The van der Waals surface area contributed by atoms with Crippen LogP contribution in [0.3, 0.4) is 0 Å². The average molecular weight is 498 g/mol. The quantitative estimate of drug-likeness (QED) is 0.535. The molecule has 2 aromatic rings. The van der Waals surface area contributed by atoms with Gasteiger partial charge in [0.2, 0.25) is 15.8 Å². The summed E-state index contributed by atoms with van der Waals surface area (Å²) in [4.78, 5) is 14.1. The van der Waals surface area contributed by atoms with Crippen LogP contribution in [-0.2, 0) is 19.5 Å². The molecule has 34 heavy (non-hydrogen) atoms. The molecule has 11 heteroatoms. The van der Waals surface area contributed by atoms with Gasteiger partial charge in [0.25, 0.3) is 0 Å². The minimum absolute atomic E-state index is 0.00614. The number of alkyl halides is 1. The summed E-state index contributed by atoms with van der Waals surface area (Å²) in [6, 6.07) is 5.26. The van der Waals surface area contributed by atoms with E-state index in [0.29, 0.717) is 12.0 Å². The fourth-order valence-electron chi connectivity index (χ4n) is 4.68. The number of esters is 1. The van der Waals surface area contributed by atoms with Gasteiger partial charge in [0.1, 0.15) is 11.8 Å². The molecule has 0 amide bonds. The van der Waals surface area contributed by atoms with Crippen LogP contribution in [0.1, 0.15) is 43.7 Å². The SMILES string of the molecule is CCOC(=O)c1cc2ccc(S(=O)(=O)NC3CC(F)CNC3N3CCC(OCC)CC3)cc2o1. The third-order valence-corrected chi connectivity index (χ3v) is 7.78. The number of carbonyl (C=O) groups is 1. The zero-order chi connectivity index (χ0) is 24.3. The summed E-state index contributed by atoms with van der Waals surface area (Å²) in [5.41, 5.74) is 0.255. The van der Waals surface area contributed by atoms with Gasteiger partial charge in [0.15, 0.2) is 0 Å². The van der Waals surface area contributed by atoms with Crippen molar-refractivity contribution in [2.24, 2.45) is 0 Å². The predicted octanol–water partition coefficient (Wildman–Crippen LogP) is 2.41. The topological polar surface area (TPSA) is 110 Å². The Morgan fingerprint density at radius 3 is 2.71 bits per heavy atom. The Morgan fingerprint density at radius 1 is 1.24 bits per heavy atom. The fourth-order valence-corrected chi connectivity index (χ4v) is 5.95. The van der Waals surface area contributed by atoms with Crippen LogP contribution in [0.2, 0.25) is 0 Å². The number of carbonyl (C=O) groups excluding carboxylic acids is 1. The molecule has 0 saturated carbocycles. The van der Waals surface area contributed by atoms with Gasteiger partial charge in [-0.15, -0.1) is 0 Å². The Balaban J connectivity index is 1.50. The first kappa shape index (κ1) is 25.1. The molecule has 2 fully saturated rings. The number of hydrogen-bond donors (Lipinski definition) is 2. The van der Waals surface area contributed by atoms with E-state index in [2.05, 4.69) is 14.9 Å². The molecule has 2 saturated heterocycles. The molecular formula is C23H32FN3O6S. The maximum absolute atomic E-state index is 14.3. The minimum atomic E-state index is -3.97. The van der Waals surface area contributed by atoms with Crippen LogP contribution in [-0.4, -0.2) is 76.6 Å². The number of sulfonamides is 1. The second kappa shape index (κ2) is 10.7. The second-order valence-corrected chi connectivity index (χ2v) is 10.3. The Morgan fingerprint density at radius 2 is 2.00 bits per heavy atom. The Kier molecular flexibility index (Phi) is 7.88. The first-order valence-electron chi connectivity index (χ1n) is 11.8. The third-order valence-electron chi connectivity index (χ3n) is 6.30. The van der Waals surface area contributed by atoms with Crippen molar-refractivity contribution in [2.75, 3.05) is 32.8 Å². The summed E-state index contributed by atoms with van der Waals surface area (Å²) in [6.45, 7) is 6.20. The monoisotopic (exact) mass is 497 g/mol. The summed E-state index contributed by atoms with van der Waals surface area (Å²) < 4.78 is 59.6. The van der Waals surface area contributed by atoms with E-state index in [9.17, 15) is 17.6 Å².